The van der Waals surface area contributed by atoms with E-state index in [-0.39, 0.29) is 18.1 Å². The first-order chi connectivity index (χ1) is 10.1. The summed E-state index contributed by atoms with van der Waals surface area (Å²) >= 11 is 0. The second kappa shape index (κ2) is 6.99. The summed E-state index contributed by atoms with van der Waals surface area (Å²) in [5.74, 6) is -0.301. The molecule has 2 aromatic rings. The van der Waals surface area contributed by atoms with Gasteiger partial charge in [0.05, 0.1) is 6.42 Å². The SMILES string of the molecule is CN(Cc1ccccc1CN)C(=O)Cc1ccc(F)cc1. The number of amides is 1. The van der Waals surface area contributed by atoms with Gasteiger partial charge in [-0.2, -0.15) is 0 Å². The van der Waals surface area contributed by atoms with Crippen LogP contribution in [0.2, 0.25) is 0 Å². The smallest absolute Gasteiger partial charge is 0.227 e. The standard InChI is InChI=1S/C17H19FN2O/c1-20(12-15-5-3-2-4-14(15)11-19)17(21)10-13-6-8-16(18)9-7-13/h2-9H,10-12,19H2,1H3. The maximum atomic E-state index is 12.8. The van der Waals surface area contributed by atoms with E-state index in [1.807, 2.05) is 24.3 Å². The van der Waals surface area contributed by atoms with Crippen LogP contribution in [0.1, 0.15) is 16.7 Å². The van der Waals surface area contributed by atoms with Gasteiger partial charge in [-0.1, -0.05) is 36.4 Å². The molecule has 0 saturated carbocycles. The summed E-state index contributed by atoms with van der Waals surface area (Å²) in [4.78, 5) is 13.9. The molecule has 0 aromatic heterocycles. The molecule has 0 saturated heterocycles. The summed E-state index contributed by atoms with van der Waals surface area (Å²) in [6, 6.07) is 13.8. The summed E-state index contributed by atoms with van der Waals surface area (Å²) in [6.07, 6.45) is 0.265. The van der Waals surface area contributed by atoms with Gasteiger partial charge in [-0.25, -0.2) is 4.39 Å². The molecular formula is C17H19FN2O. The van der Waals surface area contributed by atoms with E-state index in [0.717, 1.165) is 16.7 Å². The Bertz CT molecular complexity index is 610. The maximum Gasteiger partial charge on any atom is 0.227 e. The van der Waals surface area contributed by atoms with Crippen LogP contribution in [-0.4, -0.2) is 17.9 Å². The van der Waals surface area contributed by atoms with Gasteiger partial charge in [-0.15, -0.1) is 0 Å². The number of rotatable bonds is 5. The van der Waals surface area contributed by atoms with Gasteiger partial charge < -0.3 is 10.6 Å². The van der Waals surface area contributed by atoms with E-state index in [2.05, 4.69) is 0 Å². The number of carbonyl (C=O) groups excluding carboxylic acids is 1. The summed E-state index contributed by atoms with van der Waals surface area (Å²) < 4.78 is 12.8. The van der Waals surface area contributed by atoms with Crippen molar-refractivity contribution in [2.24, 2.45) is 5.73 Å². The van der Waals surface area contributed by atoms with Crippen molar-refractivity contribution < 1.29 is 9.18 Å². The molecular weight excluding hydrogens is 267 g/mol. The molecule has 0 bridgehead atoms. The first kappa shape index (κ1) is 15.2. The zero-order valence-corrected chi connectivity index (χ0v) is 12.1. The highest BCUT2D eigenvalue weighted by Crippen LogP contribution is 2.12. The Morgan fingerprint density at radius 2 is 1.71 bits per heavy atom. The molecule has 110 valence electrons. The lowest BCUT2D eigenvalue weighted by atomic mass is 10.1. The monoisotopic (exact) mass is 286 g/mol. The fourth-order valence-corrected chi connectivity index (χ4v) is 2.17. The topological polar surface area (TPSA) is 46.3 Å². The molecule has 0 fully saturated rings. The van der Waals surface area contributed by atoms with E-state index in [1.54, 1.807) is 24.1 Å². The minimum atomic E-state index is -0.295. The Morgan fingerprint density at radius 3 is 2.33 bits per heavy atom. The van der Waals surface area contributed by atoms with E-state index in [9.17, 15) is 9.18 Å². The van der Waals surface area contributed by atoms with Gasteiger partial charge in [0.25, 0.3) is 0 Å². The molecule has 2 aromatic carbocycles. The van der Waals surface area contributed by atoms with Crippen molar-refractivity contribution >= 4 is 5.91 Å². The van der Waals surface area contributed by atoms with Gasteiger partial charge in [0, 0.05) is 20.1 Å². The zero-order chi connectivity index (χ0) is 15.2. The number of hydrogen-bond donors (Lipinski definition) is 1. The maximum absolute atomic E-state index is 12.8. The van der Waals surface area contributed by atoms with E-state index in [0.29, 0.717) is 13.1 Å². The number of benzene rings is 2. The first-order valence-corrected chi connectivity index (χ1v) is 6.85. The van der Waals surface area contributed by atoms with Crippen LogP contribution in [0.4, 0.5) is 4.39 Å². The third kappa shape index (κ3) is 4.13. The van der Waals surface area contributed by atoms with Gasteiger partial charge in [-0.3, -0.25) is 4.79 Å². The summed E-state index contributed by atoms with van der Waals surface area (Å²) in [5, 5.41) is 0. The molecule has 0 heterocycles. The Balaban J connectivity index is 2.01. The van der Waals surface area contributed by atoms with Crippen LogP contribution < -0.4 is 5.73 Å². The highest BCUT2D eigenvalue weighted by molar-refractivity contribution is 5.78. The van der Waals surface area contributed by atoms with Crippen LogP contribution >= 0.6 is 0 Å². The molecule has 2 rings (SSSR count). The van der Waals surface area contributed by atoms with Gasteiger partial charge in [0.1, 0.15) is 5.82 Å². The number of hydrogen-bond acceptors (Lipinski definition) is 2. The van der Waals surface area contributed by atoms with Crippen molar-refractivity contribution in [2.75, 3.05) is 7.05 Å². The van der Waals surface area contributed by atoms with Crippen molar-refractivity contribution in [3.05, 3.63) is 71.0 Å². The summed E-state index contributed by atoms with van der Waals surface area (Å²) in [7, 11) is 1.76. The number of carbonyl (C=O) groups is 1. The minimum absolute atomic E-state index is 0.00608. The second-order valence-electron chi connectivity index (χ2n) is 5.03. The molecule has 3 nitrogen and oxygen atoms in total. The molecule has 0 aliphatic carbocycles. The Morgan fingerprint density at radius 1 is 1.10 bits per heavy atom. The summed E-state index contributed by atoms with van der Waals surface area (Å²) in [6.45, 7) is 0.976. The number of nitrogens with zero attached hydrogens (tertiary/aromatic N) is 1. The molecule has 2 N–H and O–H groups in total. The molecule has 0 atom stereocenters. The van der Waals surface area contributed by atoms with Crippen LogP contribution in [-0.2, 0) is 24.3 Å². The predicted octanol–water partition coefficient (Wildman–Crippen LogP) is 2.49. The van der Waals surface area contributed by atoms with Gasteiger partial charge in [0.2, 0.25) is 5.91 Å². The van der Waals surface area contributed by atoms with Gasteiger partial charge in [-0.05, 0) is 28.8 Å². The van der Waals surface area contributed by atoms with Crippen LogP contribution in [0.25, 0.3) is 0 Å². The van der Waals surface area contributed by atoms with Crippen molar-refractivity contribution in [1.29, 1.82) is 0 Å². The Hall–Kier alpha value is -2.20. The van der Waals surface area contributed by atoms with Crippen molar-refractivity contribution in [2.45, 2.75) is 19.5 Å². The molecule has 0 aliphatic rings. The van der Waals surface area contributed by atoms with Gasteiger partial charge >= 0.3 is 0 Å². The van der Waals surface area contributed by atoms with Crippen molar-refractivity contribution in [3.63, 3.8) is 0 Å². The molecule has 21 heavy (non-hydrogen) atoms. The van der Waals surface area contributed by atoms with Crippen molar-refractivity contribution in [3.8, 4) is 0 Å². The van der Waals surface area contributed by atoms with E-state index < -0.39 is 0 Å². The van der Waals surface area contributed by atoms with Crippen LogP contribution in [0.3, 0.4) is 0 Å². The molecule has 1 amide bonds. The third-order valence-electron chi connectivity index (χ3n) is 3.44. The Kier molecular flexibility index (Phi) is 5.06. The highest BCUT2D eigenvalue weighted by atomic mass is 19.1. The molecule has 0 unspecified atom stereocenters. The highest BCUT2D eigenvalue weighted by Gasteiger charge is 2.11. The lowest BCUT2D eigenvalue weighted by molar-refractivity contribution is -0.129. The zero-order valence-electron chi connectivity index (χ0n) is 12.1. The van der Waals surface area contributed by atoms with E-state index >= 15 is 0 Å². The molecule has 0 aliphatic heterocycles. The summed E-state index contributed by atoms with van der Waals surface area (Å²) in [5.41, 5.74) is 8.60. The number of likely N-dealkylation sites (N-methyl/N-ethyl adjacent to an activating group) is 1. The van der Waals surface area contributed by atoms with Gasteiger partial charge in [0.15, 0.2) is 0 Å². The molecule has 4 heteroatoms. The Labute approximate surface area is 124 Å². The van der Waals surface area contributed by atoms with Crippen LogP contribution in [0.15, 0.2) is 48.5 Å². The minimum Gasteiger partial charge on any atom is -0.341 e. The third-order valence-corrected chi connectivity index (χ3v) is 3.44. The van der Waals surface area contributed by atoms with E-state index in [1.165, 1.54) is 12.1 Å². The average molecular weight is 286 g/mol. The fourth-order valence-electron chi connectivity index (χ4n) is 2.17. The quantitative estimate of drug-likeness (QED) is 0.918. The second-order valence-corrected chi connectivity index (χ2v) is 5.03. The lowest BCUT2D eigenvalue weighted by Gasteiger charge is -2.19. The number of nitrogens with two attached hydrogens (primary N) is 1. The first-order valence-electron chi connectivity index (χ1n) is 6.85. The van der Waals surface area contributed by atoms with Crippen LogP contribution in [0.5, 0.6) is 0 Å². The average Bonchev–Trinajstić information content (AvgIpc) is 2.50. The van der Waals surface area contributed by atoms with Crippen molar-refractivity contribution in [1.82, 2.24) is 4.90 Å². The predicted molar refractivity (Wildman–Crippen MR) is 80.9 cm³/mol. The number of halogens is 1. The largest absolute Gasteiger partial charge is 0.341 e. The normalized spacial score (nSPS) is 10.4. The molecule has 0 radical (unpaired) electrons. The fraction of sp³-hybridized carbons (Fsp3) is 0.235. The molecule has 0 spiro atoms. The lowest BCUT2D eigenvalue weighted by Crippen LogP contribution is -2.28. The van der Waals surface area contributed by atoms with E-state index in [4.69, 9.17) is 5.73 Å². The van der Waals surface area contributed by atoms with Crippen LogP contribution in [0, 0.1) is 5.82 Å².